The van der Waals surface area contributed by atoms with Crippen LogP contribution in [-0.2, 0) is 0 Å². The Balaban J connectivity index is 1.76. The van der Waals surface area contributed by atoms with Crippen LogP contribution in [0.4, 0.5) is 0 Å². The van der Waals surface area contributed by atoms with Gasteiger partial charge in [0.25, 0.3) is 5.91 Å². The SMILES string of the molecule is CCC(NC(=O)c1ccc(-c2ccccc2)cc1)c1ccc(C)cc1C. The molecule has 0 bridgehead atoms. The Labute approximate surface area is 155 Å². The van der Waals surface area contributed by atoms with E-state index in [-0.39, 0.29) is 11.9 Å². The van der Waals surface area contributed by atoms with Gasteiger partial charge in [-0.15, -0.1) is 0 Å². The largest absolute Gasteiger partial charge is 0.345 e. The number of hydrogen-bond donors (Lipinski definition) is 1. The first-order chi connectivity index (χ1) is 12.6. The van der Waals surface area contributed by atoms with Gasteiger partial charge in [0.1, 0.15) is 0 Å². The molecule has 132 valence electrons. The van der Waals surface area contributed by atoms with E-state index in [2.05, 4.69) is 56.4 Å². The third-order valence-electron chi connectivity index (χ3n) is 4.77. The van der Waals surface area contributed by atoms with E-state index in [0.29, 0.717) is 5.56 Å². The maximum Gasteiger partial charge on any atom is 0.251 e. The lowest BCUT2D eigenvalue weighted by Gasteiger charge is -2.20. The lowest BCUT2D eigenvalue weighted by Crippen LogP contribution is -2.28. The molecule has 0 fully saturated rings. The summed E-state index contributed by atoms with van der Waals surface area (Å²) in [6, 6.07) is 24.4. The normalized spacial score (nSPS) is 11.8. The molecule has 1 amide bonds. The zero-order chi connectivity index (χ0) is 18.5. The van der Waals surface area contributed by atoms with Crippen molar-refractivity contribution in [1.29, 1.82) is 0 Å². The number of amides is 1. The molecule has 3 rings (SSSR count). The van der Waals surface area contributed by atoms with Crippen LogP contribution in [0.3, 0.4) is 0 Å². The van der Waals surface area contributed by atoms with Crippen molar-refractivity contribution < 1.29 is 4.79 Å². The van der Waals surface area contributed by atoms with Gasteiger partial charge >= 0.3 is 0 Å². The van der Waals surface area contributed by atoms with Crippen molar-refractivity contribution in [1.82, 2.24) is 5.32 Å². The van der Waals surface area contributed by atoms with Gasteiger partial charge in [0.15, 0.2) is 0 Å². The van der Waals surface area contributed by atoms with Crippen LogP contribution in [0.1, 0.15) is 46.4 Å². The maximum absolute atomic E-state index is 12.7. The summed E-state index contributed by atoms with van der Waals surface area (Å²) < 4.78 is 0. The van der Waals surface area contributed by atoms with Gasteiger partial charge in [-0.3, -0.25) is 4.79 Å². The Morgan fingerprint density at radius 3 is 2.15 bits per heavy atom. The molecule has 3 aromatic rings. The zero-order valence-corrected chi connectivity index (χ0v) is 15.6. The Morgan fingerprint density at radius 1 is 0.885 bits per heavy atom. The molecule has 3 aromatic carbocycles. The third kappa shape index (κ3) is 4.02. The van der Waals surface area contributed by atoms with E-state index in [1.807, 2.05) is 42.5 Å². The molecule has 0 aromatic heterocycles. The molecule has 2 heteroatoms. The molecule has 1 unspecified atom stereocenters. The number of rotatable bonds is 5. The zero-order valence-electron chi connectivity index (χ0n) is 15.6. The molecule has 0 aliphatic carbocycles. The van der Waals surface area contributed by atoms with Crippen LogP contribution < -0.4 is 5.32 Å². The smallest absolute Gasteiger partial charge is 0.251 e. The summed E-state index contributed by atoms with van der Waals surface area (Å²) in [5.74, 6) is -0.0311. The van der Waals surface area contributed by atoms with Gasteiger partial charge in [-0.05, 0) is 54.7 Å². The van der Waals surface area contributed by atoms with Crippen LogP contribution in [0.25, 0.3) is 11.1 Å². The predicted octanol–water partition coefficient (Wildman–Crippen LogP) is 5.85. The van der Waals surface area contributed by atoms with Crippen LogP contribution in [0, 0.1) is 13.8 Å². The van der Waals surface area contributed by atoms with E-state index >= 15 is 0 Å². The number of carbonyl (C=O) groups excluding carboxylic acids is 1. The molecular weight excluding hydrogens is 318 g/mol. The summed E-state index contributed by atoms with van der Waals surface area (Å²) in [5, 5.41) is 3.18. The molecule has 0 radical (unpaired) electrons. The average molecular weight is 343 g/mol. The Hall–Kier alpha value is -2.87. The first-order valence-corrected chi connectivity index (χ1v) is 9.12. The topological polar surface area (TPSA) is 29.1 Å². The van der Waals surface area contributed by atoms with Crippen molar-refractivity contribution in [3.05, 3.63) is 95.1 Å². The summed E-state index contributed by atoms with van der Waals surface area (Å²) >= 11 is 0. The third-order valence-corrected chi connectivity index (χ3v) is 4.77. The highest BCUT2D eigenvalue weighted by molar-refractivity contribution is 5.95. The summed E-state index contributed by atoms with van der Waals surface area (Å²) in [5.41, 5.74) is 6.60. The average Bonchev–Trinajstić information content (AvgIpc) is 2.67. The first-order valence-electron chi connectivity index (χ1n) is 9.12. The van der Waals surface area contributed by atoms with Gasteiger partial charge in [-0.1, -0.05) is 73.2 Å². The minimum absolute atomic E-state index is 0.0249. The van der Waals surface area contributed by atoms with Crippen molar-refractivity contribution in [3.8, 4) is 11.1 Å². The highest BCUT2D eigenvalue weighted by Gasteiger charge is 2.16. The van der Waals surface area contributed by atoms with Gasteiger partial charge in [0, 0.05) is 5.56 Å². The molecule has 1 atom stereocenters. The second-order valence-electron chi connectivity index (χ2n) is 6.74. The van der Waals surface area contributed by atoms with Gasteiger partial charge < -0.3 is 5.32 Å². The van der Waals surface area contributed by atoms with Crippen LogP contribution in [0.15, 0.2) is 72.8 Å². The Morgan fingerprint density at radius 2 is 1.54 bits per heavy atom. The number of carbonyl (C=O) groups is 1. The number of benzene rings is 3. The molecule has 1 N–H and O–H groups in total. The predicted molar refractivity (Wildman–Crippen MR) is 108 cm³/mol. The number of aryl methyl sites for hydroxylation is 2. The van der Waals surface area contributed by atoms with Crippen LogP contribution in [-0.4, -0.2) is 5.91 Å². The molecule has 0 heterocycles. The molecule has 0 aliphatic rings. The highest BCUT2D eigenvalue weighted by Crippen LogP contribution is 2.23. The molecule has 0 saturated heterocycles. The van der Waals surface area contributed by atoms with Crippen molar-refractivity contribution in [2.24, 2.45) is 0 Å². The van der Waals surface area contributed by atoms with E-state index in [1.54, 1.807) is 0 Å². The lowest BCUT2D eigenvalue weighted by atomic mass is 9.97. The summed E-state index contributed by atoms with van der Waals surface area (Å²) in [4.78, 5) is 12.7. The van der Waals surface area contributed by atoms with Crippen molar-refractivity contribution in [3.63, 3.8) is 0 Å². The Kier molecular flexibility index (Phi) is 5.52. The molecule has 2 nitrogen and oxygen atoms in total. The standard InChI is InChI=1S/C24H25NO/c1-4-23(22-15-10-17(2)16-18(22)3)25-24(26)21-13-11-20(12-14-21)19-8-6-5-7-9-19/h5-16,23H,4H2,1-3H3,(H,25,26). The fraction of sp³-hybridized carbons (Fsp3) is 0.208. The number of hydrogen-bond acceptors (Lipinski definition) is 1. The first kappa shape index (κ1) is 17.9. The fourth-order valence-corrected chi connectivity index (χ4v) is 3.30. The van der Waals surface area contributed by atoms with Gasteiger partial charge in [-0.25, -0.2) is 0 Å². The monoisotopic (exact) mass is 343 g/mol. The van der Waals surface area contributed by atoms with Gasteiger partial charge in [0.05, 0.1) is 6.04 Å². The van der Waals surface area contributed by atoms with Gasteiger partial charge in [-0.2, -0.15) is 0 Å². The van der Waals surface area contributed by atoms with Crippen LogP contribution >= 0.6 is 0 Å². The van der Waals surface area contributed by atoms with Crippen molar-refractivity contribution in [2.75, 3.05) is 0 Å². The van der Waals surface area contributed by atoms with Crippen LogP contribution in [0.5, 0.6) is 0 Å². The van der Waals surface area contributed by atoms with E-state index in [0.717, 1.165) is 17.5 Å². The summed E-state index contributed by atoms with van der Waals surface area (Å²) in [6.07, 6.45) is 0.859. The summed E-state index contributed by atoms with van der Waals surface area (Å²) in [7, 11) is 0. The quantitative estimate of drug-likeness (QED) is 0.618. The maximum atomic E-state index is 12.7. The highest BCUT2D eigenvalue weighted by atomic mass is 16.1. The van der Waals surface area contributed by atoms with E-state index in [1.165, 1.54) is 16.7 Å². The number of nitrogens with one attached hydrogen (secondary N) is 1. The molecule has 0 aliphatic heterocycles. The van der Waals surface area contributed by atoms with Crippen molar-refractivity contribution in [2.45, 2.75) is 33.2 Å². The van der Waals surface area contributed by atoms with E-state index in [9.17, 15) is 4.79 Å². The fourth-order valence-electron chi connectivity index (χ4n) is 3.30. The van der Waals surface area contributed by atoms with Gasteiger partial charge in [0.2, 0.25) is 0 Å². The molecule has 26 heavy (non-hydrogen) atoms. The summed E-state index contributed by atoms with van der Waals surface area (Å²) in [6.45, 7) is 6.29. The van der Waals surface area contributed by atoms with Crippen molar-refractivity contribution >= 4 is 5.91 Å². The molecule has 0 saturated carbocycles. The van der Waals surface area contributed by atoms with Crippen LogP contribution in [0.2, 0.25) is 0 Å². The minimum Gasteiger partial charge on any atom is -0.345 e. The second kappa shape index (κ2) is 8.01. The Bertz CT molecular complexity index is 882. The second-order valence-corrected chi connectivity index (χ2v) is 6.74. The molecule has 0 spiro atoms. The van der Waals surface area contributed by atoms with E-state index in [4.69, 9.17) is 0 Å². The van der Waals surface area contributed by atoms with E-state index < -0.39 is 0 Å². The molecular formula is C24H25NO. The lowest BCUT2D eigenvalue weighted by molar-refractivity contribution is 0.0935. The minimum atomic E-state index is -0.0311.